The Morgan fingerprint density at radius 3 is 2.92 bits per heavy atom. The van der Waals surface area contributed by atoms with Gasteiger partial charge in [-0.25, -0.2) is 0 Å². The average Bonchev–Trinajstić information content (AvgIpc) is 2.92. The van der Waals surface area contributed by atoms with Gasteiger partial charge >= 0.3 is 0 Å². The van der Waals surface area contributed by atoms with Gasteiger partial charge in [-0.05, 0) is 50.4 Å². The summed E-state index contributed by atoms with van der Waals surface area (Å²) in [5.74, 6) is 1.49. The van der Waals surface area contributed by atoms with E-state index in [9.17, 15) is 4.79 Å². The van der Waals surface area contributed by atoms with Gasteiger partial charge in [0.2, 0.25) is 5.91 Å². The predicted molar refractivity (Wildman–Crippen MR) is 95.9 cm³/mol. The Kier molecular flexibility index (Phi) is 4.95. The Morgan fingerprint density at radius 2 is 2.04 bits per heavy atom. The minimum atomic E-state index is -0.105. The van der Waals surface area contributed by atoms with Crippen molar-refractivity contribution in [3.8, 4) is 5.75 Å². The Bertz CT molecular complexity index is 605. The molecule has 1 atom stereocenters. The lowest BCUT2D eigenvalue weighted by Gasteiger charge is -2.45. The number of nitrogens with one attached hydrogen (secondary N) is 1. The van der Waals surface area contributed by atoms with E-state index in [1.807, 2.05) is 11.0 Å². The highest BCUT2D eigenvalue weighted by atomic mass is 16.5. The molecule has 3 heterocycles. The topological polar surface area (TPSA) is 50.8 Å². The molecule has 0 radical (unpaired) electrons. The van der Waals surface area contributed by atoms with E-state index >= 15 is 0 Å². The zero-order valence-electron chi connectivity index (χ0n) is 14.8. The molecule has 0 aromatic heterocycles. The van der Waals surface area contributed by atoms with Crippen molar-refractivity contribution in [2.45, 2.75) is 43.6 Å². The molecule has 2 saturated heterocycles. The number of benzene rings is 1. The van der Waals surface area contributed by atoms with Crippen molar-refractivity contribution in [3.05, 3.63) is 29.8 Å². The normalized spacial score (nSPS) is 25.8. The minimum Gasteiger partial charge on any atom is -0.487 e. The fraction of sp³-hybridized carbons (Fsp3) is 0.650. The van der Waals surface area contributed by atoms with Gasteiger partial charge in [-0.2, -0.15) is 0 Å². The first-order chi connectivity index (χ1) is 12.3. The Hall–Kier alpha value is -1.59. The lowest BCUT2D eigenvalue weighted by Crippen LogP contribution is -2.49. The van der Waals surface area contributed by atoms with Gasteiger partial charge in [0.15, 0.2) is 0 Å². The summed E-state index contributed by atoms with van der Waals surface area (Å²) < 4.78 is 11.9. The number of ether oxygens (including phenoxy) is 2. The highest BCUT2D eigenvalue weighted by Gasteiger charge is 2.42. The van der Waals surface area contributed by atoms with Crippen LogP contribution in [-0.2, 0) is 9.53 Å². The molecule has 1 N–H and O–H groups in total. The number of para-hydroxylation sites is 1. The number of rotatable bonds is 2. The van der Waals surface area contributed by atoms with Crippen LogP contribution in [-0.4, -0.2) is 55.8 Å². The SMILES string of the molecule is O=C(C[C@H]1CC2(CCNCC2)Oc2ccccc21)N1CCCOCC1. The molecule has 1 aromatic rings. The monoisotopic (exact) mass is 344 g/mol. The van der Waals surface area contributed by atoms with Crippen molar-refractivity contribution in [3.63, 3.8) is 0 Å². The molecular formula is C20H28N2O3. The van der Waals surface area contributed by atoms with Gasteiger partial charge in [-0.15, -0.1) is 0 Å². The van der Waals surface area contributed by atoms with Gasteiger partial charge in [0.25, 0.3) is 0 Å². The fourth-order valence-electron chi connectivity index (χ4n) is 4.45. The van der Waals surface area contributed by atoms with Crippen LogP contribution in [0, 0.1) is 0 Å². The first-order valence-electron chi connectivity index (χ1n) is 9.60. The molecule has 3 aliphatic heterocycles. The van der Waals surface area contributed by atoms with E-state index in [1.165, 1.54) is 5.56 Å². The molecule has 0 bridgehead atoms. The second-order valence-electron chi connectivity index (χ2n) is 7.52. The lowest BCUT2D eigenvalue weighted by atomic mass is 9.76. The summed E-state index contributed by atoms with van der Waals surface area (Å²) in [6.45, 7) is 4.95. The molecule has 0 saturated carbocycles. The summed E-state index contributed by atoms with van der Waals surface area (Å²) in [6, 6.07) is 8.28. The molecule has 0 aliphatic carbocycles. The van der Waals surface area contributed by atoms with Crippen LogP contribution in [0.2, 0.25) is 0 Å². The number of carbonyl (C=O) groups is 1. The second-order valence-corrected chi connectivity index (χ2v) is 7.52. The summed E-state index contributed by atoms with van der Waals surface area (Å²) >= 11 is 0. The van der Waals surface area contributed by atoms with Crippen LogP contribution in [0.25, 0.3) is 0 Å². The third-order valence-electron chi connectivity index (χ3n) is 5.81. The zero-order valence-corrected chi connectivity index (χ0v) is 14.8. The third kappa shape index (κ3) is 3.67. The van der Waals surface area contributed by atoms with E-state index < -0.39 is 0 Å². The maximum atomic E-state index is 12.9. The molecule has 1 spiro atoms. The van der Waals surface area contributed by atoms with Crippen LogP contribution in [0.1, 0.15) is 43.6 Å². The molecule has 5 heteroatoms. The summed E-state index contributed by atoms with van der Waals surface area (Å²) in [5.41, 5.74) is 1.10. The van der Waals surface area contributed by atoms with Gasteiger partial charge in [-0.1, -0.05) is 18.2 Å². The number of nitrogens with zero attached hydrogens (tertiary/aromatic N) is 1. The molecule has 3 aliphatic rings. The van der Waals surface area contributed by atoms with Crippen LogP contribution in [0.3, 0.4) is 0 Å². The first kappa shape index (κ1) is 16.9. The minimum absolute atomic E-state index is 0.105. The van der Waals surface area contributed by atoms with Gasteiger partial charge in [0.05, 0.1) is 6.61 Å². The van der Waals surface area contributed by atoms with E-state index in [0.717, 1.165) is 64.2 Å². The molecular weight excluding hydrogens is 316 g/mol. The van der Waals surface area contributed by atoms with E-state index in [2.05, 4.69) is 23.5 Å². The van der Waals surface area contributed by atoms with E-state index in [4.69, 9.17) is 9.47 Å². The maximum Gasteiger partial charge on any atom is 0.223 e. The quantitative estimate of drug-likeness (QED) is 0.894. The van der Waals surface area contributed by atoms with Crippen LogP contribution < -0.4 is 10.1 Å². The van der Waals surface area contributed by atoms with Crippen LogP contribution in [0.15, 0.2) is 24.3 Å². The molecule has 1 aromatic carbocycles. The van der Waals surface area contributed by atoms with Crippen LogP contribution in [0.5, 0.6) is 5.75 Å². The fourth-order valence-corrected chi connectivity index (χ4v) is 4.45. The Balaban J connectivity index is 1.53. The number of carbonyl (C=O) groups excluding carboxylic acids is 1. The summed E-state index contributed by atoms with van der Waals surface area (Å²) in [4.78, 5) is 14.9. The highest BCUT2D eigenvalue weighted by Crippen LogP contribution is 2.45. The molecule has 25 heavy (non-hydrogen) atoms. The summed E-state index contributed by atoms with van der Waals surface area (Å²) in [6.07, 6.45) is 4.50. The maximum absolute atomic E-state index is 12.9. The summed E-state index contributed by atoms with van der Waals surface area (Å²) in [7, 11) is 0. The van der Waals surface area contributed by atoms with E-state index in [0.29, 0.717) is 13.0 Å². The lowest BCUT2D eigenvalue weighted by molar-refractivity contribution is -0.132. The molecule has 4 rings (SSSR count). The molecule has 2 fully saturated rings. The smallest absolute Gasteiger partial charge is 0.223 e. The average molecular weight is 344 g/mol. The van der Waals surface area contributed by atoms with E-state index in [-0.39, 0.29) is 17.4 Å². The molecule has 1 amide bonds. The number of hydrogen-bond donors (Lipinski definition) is 1. The first-order valence-corrected chi connectivity index (χ1v) is 9.60. The van der Waals surface area contributed by atoms with Crippen LogP contribution >= 0.6 is 0 Å². The largest absolute Gasteiger partial charge is 0.487 e. The highest BCUT2D eigenvalue weighted by molar-refractivity contribution is 5.77. The predicted octanol–water partition coefficient (Wildman–Crippen LogP) is 2.31. The van der Waals surface area contributed by atoms with E-state index in [1.54, 1.807) is 0 Å². The number of piperidine rings is 1. The second kappa shape index (κ2) is 7.34. The number of amides is 1. The van der Waals surface area contributed by atoms with Crippen molar-refractivity contribution >= 4 is 5.91 Å². The standard InChI is InChI=1S/C20H28N2O3/c23-19(22-10-3-12-24-13-11-22)14-16-15-20(6-8-21-9-7-20)25-18-5-2-1-4-17(16)18/h1-2,4-5,16,21H,3,6-15H2/t16-/m0/s1. The Labute approximate surface area is 149 Å². The molecule has 0 unspecified atom stereocenters. The summed E-state index contributed by atoms with van der Waals surface area (Å²) in [5, 5.41) is 3.43. The number of hydrogen-bond acceptors (Lipinski definition) is 4. The third-order valence-corrected chi connectivity index (χ3v) is 5.81. The van der Waals surface area contributed by atoms with Crippen molar-refractivity contribution < 1.29 is 14.3 Å². The molecule has 136 valence electrons. The van der Waals surface area contributed by atoms with Gasteiger partial charge in [0.1, 0.15) is 11.4 Å². The van der Waals surface area contributed by atoms with Crippen molar-refractivity contribution in [2.24, 2.45) is 0 Å². The van der Waals surface area contributed by atoms with Crippen molar-refractivity contribution in [1.29, 1.82) is 0 Å². The van der Waals surface area contributed by atoms with Crippen LogP contribution in [0.4, 0.5) is 0 Å². The number of fused-ring (bicyclic) bond motifs is 1. The molecule has 5 nitrogen and oxygen atoms in total. The Morgan fingerprint density at radius 1 is 1.20 bits per heavy atom. The van der Waals surface area contributed by atoms with Gasteiger partial charge in [0, 0.05) is 32.0 Å². The zero-order chi connectivity index (χ0) is 17.1. The van der Waals surface area contributed by atoms with Crippen molar-refractivity contribution in [2.75, 3.05) is 39.4 Å². The van der Waals surface area contributed by atoms with Gasteiger partial charge < -0.3 is 19.7 Å². The van der Waals surface area contributed by atoms with Gasteiger partial charge in [-0.3, -0.25) is 4.79 Å². The van der Waals surface area contributed by atoms with Crippen molar-refractivity contribution in [1.82, 2.24) is 10.2 Å².